The summed E-state index contributed by atoms with van der Waals surface area (Å²) in [6.07, 6.45) is 0. The molecule has 0 aliphatic rings. The zero-order valence-corrected chi connectivity index (χ0v) is 35.1. The molecule has 1 heterocycles. The highest BCUT2D eigenvalue weighted by atomic mass is 15.1. The molecule has 2 heteroatoms. The van der Waals surface area contributed by atoms with Crippen LogP contribution in [0.2, 0.25) is 0 Å². The minimum Gasteiger partial charge on any atom is -0.310 e. The fraction of sp³-hybridized carbons (Fsp3) is 0. The van der Waals surface area contributed by atoms with Gasteiger partial charge in [-0.25, -0.2) is 0 Å². The van der Waals surface area contributed by atoms with Gasteiger partial charge in [0.15, 0.2) is 0 Å². The van der Waals surface area contributed by atoms with Gasteiger partial charge in [-0.15, -0.1) is 0 Å². The van der Waals surface area contributed by atoms with Crippen LogP contribution in [-0.2, 0) is 0 Å². The van der Waals surface area contributed by atoms with Crippen LogP contribution in [0, 0.1) is 0 Å². The van der Waals surface area contributed by atoms with E-state index < -0.39 is 0 Å². The Labute approximate surface area is 373 Å². The van der Waals surface area contributed by atoms with Crippen LogP contribution in [0.25, 0.3) is 93.5 Å². The third kappa shape index (κ3) is 6.44. The van der Waals surface area contributed by atoms with E-state index in [1.165, 1.54) is 71.2 Å². The number of fused-ring (bicyclic) bond motifs is 6. The first-order valence-electron chi connectivity index (χ1n) is 22.0. The van der Waals surface area contributed by atoms with Crippen LogP contribution in [0.5, 0.6) is 0 Å². The summed E-state index contributed by atoms with van der Waals surface area (Å²) in [5.41, 5.74) is 16.1. The molecule has 12 rings (SSSR count). The summed E-state index contributed by atoms with van der Waals surface area (Å²) in [5.74, 6) is 0. The molecule has 0 spiro atoms. The van der Waals surface area contributed by atoms with Crippen molar-refractivity contribution in [1.29, 1.82) is 0 Å². The summed E-state index contributed by atoms with van der Waals surface area (Å²) in [5, 5.41) is 7.53. The Kier molecular flexibility index (Phi) is 9.20. The molecule has 0 N–H and O–H groups in total. The van der Waals surface area contributed by atoms with Gasteiger partial charge in [0.1, 0.15) is 0 Å². The lowest BCUT2D eigenvalue weighted by Crippen LogP contribution is -2.11. The summed E-state index contributed by atoms with van der Waals surface area (Å²) in [6.45, 7) is 0. The van der Waals surface area contributed by atoms with Gasteiger partial charge in [0.25, 0.3) is 0 Å². The van der Waals surface area contributed by atoms with E-state index in [1.54, 1.807) is 0 Å². The van der Waals surface area contributed by atoms with Crippen LogP contribution >= 0.6 is 0 Å². The molecular weight excluding hydrogens is 773 g/mol. The van der Waals surface area contributed by atoms with Gasteiger partial charge in [0.05, 0.1) is 16.7 Å². The molecule has 64 heavy (non-hydrogen) atoms. The minimum atomic E-state index is 1.08. The van der Waals surface area contributed by atoms with Crippen molar-refractivity contribution < 1.29 is 0 Å². The summed E-state index contributed by atoms with van der Waals surface area (Å²) in [7, 11) is 0. The van der Waals surface area contributed by atoms with Crippen molar-refractivity contribution in [2.24, 2.45) is 0 Å². The quantitative estimate of drug-likeness (QED) is 0.139. The van der Waals surface area contributed by atoms with Gasteiger partial charge in [-0.3, -0.25) is 0 Å². The topological polar surface area (TPSA) is 8.17 Å². The molecule has 0 aliphatic carbocycles. The maximum absolute atomic E-state index is 2.44. The average molecular weight is 815 g/mol. The van der Waals surface area contributed by atoms with Gasteiger partial charge in [-0.1, -0.05) is 194 Å². The normalized spacial score (nSPS) is 11.4. The second-order valence-electron chi connectivity index (χ2n) is 16.5. The van der Waals surface area contributed by atoms with Crippen molar-refractivity contribution in [3.8, 4) is 50.2 Å². The first-order valence-corrected chi connectivity index (χ1v) is 22.0. The molecule has 0 saturated heterocycles. The number of aromatic nitrogens is 1. The molecule has 0 aliphatic heterocycles. The van der Waals surface area contributed by atoms with Crippen molar-refractivity contribution >= 4 is 60.4 Å². The maximum atomic E-state index is 2.44. The molecular formula is C62H42N2. The summed E-state index contributed by atoms with van der Waals surface area (Å²) < 4.78 is 2.42. The zero-order valence-electron chi connectivity index (χ0n) is 35.1. The van der Waals surface area contributed by atoms with Crippen molar-refractivity contribution in [2.75, 3.05) is 4.90 Å². The Morgan fingerprint density at radius 3 is 1.56 bits per heavy atom. The number of anilines is 3. The Morgan fingerprint density at radius 2 is 0.828 bits per heavy atom. The van der Waals surface area contributed by atoms with Gasteiger partial charge < -0.3 is 9.47 Å². The van der Waals surface area contributed by atoms with Gasteiger partial charge >= 0.3 is 0 Å². The highest BCUT2D eigenvalue weighted by molar-refractivity contribution is 6.14. The van der Waals surface area contributed by atoms with E-state index in [4.69, 9.17) is 0 Å². The van der Waals surface area contributed by atoms with Crippen LogP contribution in [-0.4, -0.2) is 4.57 Å². The van der Waals surface area contributed by atoms with Gasteiger partial charge in [0.2, 0.25) is 0 Å². The van der Waals surface area contributed by atoms with Crippen LogP contribution < -0.4 is 4.90 Å². The SMILES string of the molecule is c1ccc(-c2cccc(N(c3ccc(-c4cc5ccccc5c5ccccc45)cc3)c3ccccc3-c3cc(-n4c5ccccc5c5ccccc54)ccc3-c3ccccc3)c2)cc1. The van der Waals surface area contributed by atoms with E-state index in [9.17, 15) is 0 Å². The van der Waals surface area contributed by atoms with Crippen molar-refractivity contribution in [2.45, 2.75) is 0 Å². The number of benzene rings is 11. The van der Waals surface area contributed by atoms with Crippen molar-refractivity contribution in [3.63, 3.8) is 0 Å². The molecule has 0 atom stereocenters. The number of nitrogens with zero attached hydrogens (tertiary/aromatic N) is 2. The number of rotatable bonds is 8. The Balaban J connectivity index is 1.08. The fourth-order valence-electron chi connectivity index (χ4n) is 9.83. The van der Waals surface area contributed by atoms with Crippen molar-refractivity contribution in [3.05, 3.63) is 255 Å². The summed E-state index contributed by atoms with van der Waals surface area (Å²) in [6, 6.07) is 92.8. The van der Waals surface area contributed by atoms with E-state index in [2.05, 4.69) is 264 Å². The second kappa shape index (κ2) is 15.8. The lowest BCUT2D eigenvalue weighted by Gasteiger charge is -2.29. The molecule has 2 nitrogen and oxygen atoms in total. The molecule has 300 valence electrons. The lowest BCUT2D eigenvalue weighted by molar-refractivity contribution is 1.18. The van der Waals surface area contributed by atoms with E-state index in [0.29, 0.717) is 0 Å². The lowest BCUT2D eigenvalue weighted by atomic mass is 9.92. The summed E-state index contributed by atoms with van der Waals surface area (Å²) >= 11 is 0. The van der Waals surface area contributed by atoms with Gasteiger partial charge in [-0.05, 0) is 121 Å². The summed E-state index contributed by atoms with van der Waals surface area (Å²) in [4.78, 5) is 2.44. The number of hydrogen-bond donors (Lipinski definition) is 0. The van der Waals surface area contributed by atoms with E-state index in [0.717, 1.165) is 39.4 Å². The largest absolute Gasteiger partial charge is 0.310 e. The number of para-hydroxylation sites is 3. The first-order chi connectivity index (χ1) is 31.8. The van der Waals surface area contributed by atoms with Gasteiger partial charge in [0, 0.05) is 33.4 Å². The fourth-order valence-corrected chi connectivity index (χ4v) is 9.83. The Bertz CT molecular complexity index is 3610. The third-order valence-electron chi connectivity index (χ3n) is 12.8. The highest BCUT2D eigenvalue weighted by Gasteiger charge is 2.22. The zero-order chi connectivity index (χ0) is 42.4. The molecule has 11 aromatic carbocycles. The monoisotopic (exact) mass is 814 g/mol. The van der Waals surface area contributed by atoms with Crippen LogP contribution in [0.4, 0.5) is 17.1 Å². The van der Waals surface area contributed by atoms with Crippen LogP contribution in [0.1, 0.15) is 0 Å². The first kappa shape index (κ1) is 37.3. The van der Waals surface area contributed by atoms with Crippen LogP contribution in [0.15, 0.2) is 255 Å². The van der Waals surface area contributed by atoms with E-state index in [-0.39, 0.29) is 0 Å². The predicted octanol–water partition coefficient (Wildman–Crippen LogP) is 17.2. The van der Waals surface area contributed by atoms with Gasteiger partial charge in [-0.2, -0.15) is 0 Å². The Morgan fingerprint density at radius 1 is 0.266 bits per heavy atom. The molecule has 0 bridgehead atoms. The highest BCUT2D eigenvalue weighted by Crippen LogP contribution is 2.46. The van der Waals surface area contributed by atoms with E-state index >= 15 is 0 Å². The standard InChI is InChI=1S/C62H42N2/c1-3-18-43(19-4-1)46-23-17-24-49(40-46)63(48-36-34-45(35-37-48)58-41-47-22-7-8-25-51(47)53-26-9-10-27-54(53)58)60-31-14-13-30-57(60)59-42-50(38-39-52(59)44-20-5-2-6-21-44)64-61-32-15-11-28-55(61)56-29-12-16-33-62(56)64/h1-42H. The molecule has 0 unspecified atom stereocenters. The van der Waals surface area contributed by atoms with Crippen LogP contribution in [0.3, 0.4) is 0 Å². The van der Waals surface area contributed by atoms with E-state index in [1.807, 2.05) is 0 Å². The predicted molar refractivity (Wildman–Crippen MR) is 272 cm³/mol. The van der Waals surface area contributed by atoms with Crippen molar-refractivity contribution in [1.82, 2.24) is 4.57 Å². The molecule has 0 amide bonds. The molecule has 0 radical (unpaired) electrons. The Hall–Kier alpha value is -8.46. The minimum absolute atomic E-state index is 1.08. The molecule has 0 fully saturated rings. The average Bonchev–Trinajstić information content (AvgIpc) is 3.71. The number of hydrogen-bond acceptors (Lipinski definition) is 1. The smallest absolute Gasteiger partial charge is 0.0541 e. The second-order valence-corrected chi connectivity index (χ2v) is 16.5. The maximum Gasteiger partial charge on any atom is 0.0541 e. The molecule has 0 saturated carbocycles. The third-order valence-corrected chi connectivity index (χ3v) is 12.8. The molecule has 1 aromatic heterocycles. The molecule has 12 aromatic rings.